The number of rotatable bonds is 4. The Hall–Kier alpha value is -1.27. The monoisotopic (exact) mass is 312 g/mol. The van der Waals surface area contributed by atoms with E-state index in [0.29, 0.717) is 43.0 Å². The first kappa shape index (κ1) is 16.1. The van der Waals surface area contributed by atoms with Crippen LogP contribution in [0.25, 0.3) is 0 Å². The van der Waals surface area contributed by atoms with Crippen molar-refractivity contribution in [2.24, 2.45) is 11.8 Å². The Bertz CT molecular complexity index is 591. The van der Waals surface area contributed by atoms with Gasteiger partial charge in [-0.3, -0.25) is 0 Å². The largest absolute Gasteiger partial charge is 0.492 e. The van der Waals surface area contributed by atoms with Gasteiger partial charge in [0.2, 0.25) is 10.0 Å². The molecule has 1 aliphatic rings. The van der Waals surface area contributed by atoms with Crippen molar-refractivity contribution in [1.82, 2.24) is 4.31 Å². The maximum atomic E-state index is 12.9. The van der Waals surface area contributed by atoms with Crippen molar-refractivity contribution >= 4 is 15.7 Å². The van der Waals surface area contributed by atoms with E-state index in [1.807, 2.05) is 6.92 Å². The lowest BCUT2D eigenvalue weighted by atomic mass is 9.94. The fourth-order valence-electron chi connectivity index (χ4n) is 2.94. The number of nitrogens with zero attached hydrogens (tertiary/aromatic N) is 1. The van der Waals surface area contributed by atoms with Gasteiger partial charge in [-0.2, -0.15) is 4.31 Å². The van der Waals surface area contributed by atoms with E-state index in [1.165, 1.54) is 6.07 Å². The number of nitrogens with two attached hydrogens (primary N) is 1. The third-order valence-electron chi connectivity index (χ3n) is 3.72. The predicted molar refractivity (Wildman–Crippen MR) is 83.7 cm³/mol. The van der Waals surface area contributed by atoms with Gasteiger partial charge in [0.1, 0.15) is 10.6 Å². The zero-order valence-electron chi connectivity index (χ0n) is 12.9. The number of anilines is 1. The highest BCUT2D eigenvalue weighted by atomic mass is 32.2. The van der Waals surface area contributed by atoms with Crippen molar-refractivity contribution in [3.8, 4) is 5.75 Å². The summed E-state index contributed by atoms with van der Waals surface area (Å²) in [6.07, 6.45) is 1.06. The Morgan fingerprint density at radius 3 is 2.48 bits per heavy atom. The van der Waals surface area contributed by atoms with E-state index in [2.05, 4.69) is 13.8 Å². The molecule has 2 N–H and O–H groups in total. The standard InChI is InChI=1S/C15H24N2O3S/c1-4-20-14-6-5-13(16)8-15(14)21(18,19)17-9-11(2)7-12(3)10-17/h5-6,8,11-12H,4,7,9-10,16H2,1-3H3. The lowest BCUT2D eigenvalue weighted by molar-refractivity contribution is 0.222. The molecular formula is C15H24N2O3S. The lowest BCUT2D eigenvalue weighted by Crippen LogP contribution is -2.42. The summed E-state index contributed by atoms with van der Waals surface area (Å²) in [4.78, 5) is 0.172. The van der Waals surface area contributed by atoms with Gasteiger partial charge in [0.25, 0.3) is 0 Å². The minimum absolute atomic E-state index is 0.172. The number of piperidine rings is 1. The van der Waals surface area contributed by atoms with Crippen LogP contribution in [0.1, 0.15) is 27.2 Å². The highest BCUT2D eigenvalue weighted by molar-refractivity contribution is 7.89. The van der Waals surface area contributed by atoms with Crippen LogP contribution in [0.3, 0.4) is 0 Å². The second-order valence-corrected chi connectivity index (χ2v) is 7.81. The molecule has 1 heterocycles. The zero-order valence-corrected chi connectivity index (χ0v) is 13.7. The van der Waals surface area contributed by atoms with Crippen LogP contribution >= 0.6 is 0 Å². The molecule has 0 amide bonds. The van der Waals surface area contributed by atoms with Crippen LogP contribution in [0.2, 0.25) is 0 Å². The summed E-state index contributed by atoms with van der Waals surface area (Å²) in [5, 5.41) is 0. The number of benzene rings is 1. The Labute approximate surface area is 127 Å². The number of sulfonamides is 1. The van der Waals surface area contributed by atoms with E-state index in [9.17, 15) is 8.42 Å². The second kappa shape index (κ2) is 6.23. The maximum Gasteiger partial charge on any atom is 0.246 e. The quantitative estimate of drug-likeness (QED) is 0.866. The van der Waals surface area contributed by atoms with E-state index < -0.39 is 10.0 Å². The Kier molecular flexibility index (Phi) is 4.78. The molecule has 21 heavy (non-hydrogen) atoms. The Morgan fingerprint density at radius 2 is 1.90 bits per heavy atom. The van der Waals surface area contributed by atoms with Crippen LogP contribution in [0.5, 0.6) is 5.75 Å². The van der Waals surface area contributed by atoms with Crippen LogP contribution in [-0.2, 0) is 10.0 Å². The van der Waals surface area contributed by atoms with E-state index in [0.717, 1.165) is 6.42 Å². The minimum Gasteiger partial charge on any atom is -0.492 e. The zero-order chi connectivity index (χ0) is 15.6. The summed E-state index contributed by atoms with van der Waals surface area (Å²) in [6.45, 7) is 7.51. The van der Waals surface area contributed by atoms with Crippen LogP contribution in [-0.4, -0.2) is 32.4 Å². The fourth-order valence-corrected chi connectivity index (χ4v) is 4.79. The number of hydrogen-bond donors (Lipinski definition) is 1. The number of ether oxygens (including phenoxy) is 1. The smallest absolute Gasteiger partial charge is 0.246 e. The van der Waals surface area contributed by atoms with E-state index in [1.54, 1.807) is 16.4 Å². The lowest BCUT2D eigenvalue weighted by Gasteiger charge is -2.34. The molecule has 1 saturated heterocycles. The molecule has 0 bridgehead atoms. The molecular weight excluding hydrogens is 288 g/mol. The van der Waals surface area contributed by atoms with Crippen LogP contribution in [0, 0.1) is 11.8 Å². The first-order valence-corrected chi connectivity index (χ1v) is 8.81. The first-order chi connectivity index (χ1) is 9.84. The van der Waals surface area contributed by atoms with Crippen molar-refractivity contribution in [3.63, 3.8) is 0 Å². The average Bonchev–Trinajstić information content (AvgIpc) is 2.40. The van der Waals surface area contributed by atoms with Crippen molar-refractivity contribution in [2.45, 2.75) is 32.1 Å². The Morgan fingerprint density at radius 1 is 1.29 bits per heavy atom. The van der Waals surface area contributed by atoms with Gasteiger partial charge in [0.15, 0.2) is 0 Å². The van der Waals surface area contributed by atoms with Crippen molar-refractivity contribution < 1.29 is 13.2 Å². The van der Waals surface area contributed by atoms with Gasteiger partial charge in [0.05, 0.1) is 6.61 Å². The van der Waals surface area contributed by atoms with Crippen LogP contribution in [0.4, 0.5) is 5.69 Å². The molecule has 5 nitrogen and oxygen atoms in total. The summed E-state index contributed by atoms with van der Waals surface area (Å²) >= 11 is 0. The van der Waals surface area contributed by atoms with E-state index >= 15 is 0 Å². The van der Waals surface area contributed by atoms with E-state index in [4.69, 9.17) is 10.5 Å². The van der Waals surface area contributed by atoms with Gasteiger partial charge in [-0.05, 0) is 43.4 Å². The van der Waals surface area contributed by atoms with Gasteiger partial charge in [0, 0.05) is 18.8 Å². The summed E-state index contributed by atoms with van der Waals surface area (Å²) < 4.78 is 32.9. The molecule has 0 aliphatic carbocycles. The molecule has 0 radical (unpaired) electrons. The van der Waals surface area contributed by atoms with Crippen LogP contribution in [0.15, 0.2) is 23.1 Å². The van der Waals surface area contributed by atoms with Gasteiger partial charge in [-0.1, -0.05) is 13.8 Å². The second-order valence-electron chi connectivity index (χ2n) is 5.91. The average molecular weight is 312 g/mol. The molecule has 6 heteroatoms. The number of nitrogen functional groups attached to an aromatic ring is 1. The number of hydrogen-bond acceptors (Lipinski definition) is 4. The van der Waals surface area contributed by atoms with Crippen molar-refractivity contribution in [3.05, 3.63) is 18.2 Å². The molecule has 0 spiro atoms. The molecule has 2 unspecified atom stereocenters. The van der Waals surface area contributed by atoms with Crippen molar-refractivity contribution in [1.29, 1.82) is 0 Å². The highest BCUT2D eigenvalue weighted by Crippen LogP contribution is 2.32. The van der Waals surface area contributed by atoms with Gasteiger partial charge >= 0.3 is 0 Å². The maximum absolute atomic E-state index is 12.9. The molecule has 1 aromatic carbocycles. The summed E-state index contributed by atoms with van der Waals surface area (Å²) in [7, 11) is -3.57. The molecule has 2 rings (SSSR count). The molecule has 118 valence electrons. The van der Waals surface area contributed by atoms with Crippen molar-refractivity contribution in [2.75, 3.05) is 25.4 Å². The highest BCUT2D eigenvalue weighted by Gasteiger charge is 2.33. The molecule has 1 aliphatic heterocycles. The van der Waals surface area contributed by atoms with Gasteiger partial charge < -0.3 is 10.5 Å². The van der Waals surface area contributed by atoms with Crippen LogP contribution < -0.4 is 10.5 Å². The minimum atomic E-state index is -3.57. The molecule has 0 saturated carbocycles. The normalized spacial score (nSPS) is 24.0. The molecule has 1 fully saturated rings. The third-order valence-corrected chi connectivity index (χ3v) is 5.57. The topological polar surface area (TPSA) is 72.6 Å². The Balaban J connectivity index is 2.41. The molecule has 1 aromatic rings. The van der Waals surface area contributed by atoms with E-state index in [-0.39, 0.29) is 4.90 Å². The summed E-state index contributed by atoms with van der Waals surface area (Å²) in [6, 6.07) is 4.78. The third kappa shape index (κ3) is 3.49. The summed E-state index contributed by atoms with van der Waals surface area (Å²) in [5.41, 5.74) is 6.19. The molecule has 0 aromatic heterocycles. The SMILES string of the molecule is CCOc1ccc(N)cc1S(=O)(=O)N1CC(C)CC(C)C1. The predicted octanol–water partition coefficient (Wildman–Crippen LogP) is 2.33. The molecule has 2 atom stereocenters. The van der Waals surface area contributed by atoms with Gasteiger partial charge in [-0.25, -0.2) is 8.42 Å². The fraction of sp³-hybridized carbons (Fsp3) is 0.600. The summed E-state index contributed by atoms with van der Waals surface area (Å²) in [5.74, 6) is 1.10. The first-order valence-electron chi connectivity index (χ1n) is 7.37. The van der Waals surface area contributed by atoms with Gasteiger partial charge in [-0.15, -0.1) is 0 Å².